The van der Waals surface area contributed by atoms with Crippen LogP contribution in [0.1, 0.15) is 11.1 Å². The van der Waals surface area contributed by atoms with Crippen molar-refractivity contribution in [2.24, 2.45) is 0 Å². The van der Waals surface area contributed by atoms with Crippen LogP contribution in [-0.4, -0.2) is 38.1 Å². The standard InChI is InChI=1S/C19H22N2O2/c1-20(2)16-10-8-14(9-11-16)13-21(3)19(22)18-12-15-6-4-5-7-17(15)23-18/h4-11,18H,12-13H2,1-3H3. The molecule has 1 aliphatic heterocycles. The van der Waals surface area contributed by atoms with Crippen LogP contribution in [0.5, 0.6) is 5.75 Å². The molecule has 0 fully saturated rings. The first kappa shape index (κ1) is 15.4. The fourth-order valence-electron chi connectivity index (χ4n) is 2.82. The normalized spacial score (nSPS) is 15.7. The van der Waals surface area contributed by atoms with Crippen LogP contribution in [0.25, 0.3) is 0 Å². The highest BCUT2D eigenvalue weighted by atomic mass is 16.5. The van der Waals surface area contributed by atoms with E-state index in [9.17, 15) is 4.79 Å². The Morgan fingerprint density at radius 1 is 1.09 bits per heavy atom. The summed E-state index contributed by atoms with van der Waals surface area (Å²) in [5.41, 5.74) is 3.37. The maximum Gasteiger partial charge on any atom is 0.264 e. The number of hydrogen-bond donors (Lipinski definition) is 0. The van der Waals surface area contributed by atoms with Crippen molar-refractivity contribution in [2.45, 2.75) is 19.1 Å². The summed E-state index contributed by atoms with van der Waals surface area (Å²) in [6, 6.07) is 16.1. The fourth-order valence-corrected chi connectivity index (χ4v) is 2.82. The molecule has 0 aromatic heterocycles. The second-order valence-corrected chi connectivity index (χ2v) is 6.17. The zero-order valence-electron chi connectivity index (χ0n) is 13.8. The lowest BCUT2D eigenvalue weighted by atomic mass is 10.1. The number of anilines is 1. The van der Waals surface area contributed by atoms with Crippen LogP contribution >= 0.6 is 0 Å². The Hall–Kier alpha value is -2.49. The van der Waals surface area contributed by atoms with Crippen molar-refractivity contribution >= 4 is 11.6 Å². The van der Waals surface area contributed by atoms with Crippen LogP contribution in [0.15, 0.2) is 48.5 Å². The molecule has 1 unspecified atom stereocenters. The van der Waals surface area contributed by atoms with Gasteiger partial charge in [0.2, 0.25) is 0 Å². The molecule has 23 heavy (non-hydrogen) atoms. The van der Waals surface area contributed by atoms with Crippen LogP contribution in [0.4, 0.5) is 5.69 Å². The first-order valence-corrected chi connectivity index (χ1v) is 7.80. The van der Waals surface area contributed by atoms with Gasteiger partial charge < -0.3 is 14.5 Å². The second kappa shape index (κ2) is 6.32. The van der Waals surface area contributed by atoms with Gasteiger partial charge in [0.15, 0.2) is 6.10 Å². The van der Waals surface area contributed by atoms with Gasteiger partial charge >= 0.3 is 0 Å². The van der Waals surface area contributed by atoms with Crippen molar-refractivity contribution in [3.05, 3.63) is 59.7 Å². The molecule has 0 bridgehead atoms. The summed E-state index contributed by atoms with van der Waals surface area (Å²) in [6.07, 6.45) is 0.247. The van der Waals surface area contributed by atoms with E-state index in [0.717, 1.165) is 22.6 Å². The Morgan fingerprint density at radius 3 is 2.43 bits per heavy atom. The first-order chi connectivity index (χ1) is 11.0. The van der Waals surface area contributed by atoms with E-state index in [0.29, 0.717) is 13.0 Å². The van der Waals surface area contributed by atoms with Gasteiger partial charge in [-0.2, -0.15) is 0 Å². The molecule has 1 amide bonds. The predicted molar refractivity (Wildman–Crippen MR) is 91.8 cm³/mol. The molecule has 0 saturated carbocycles. The Bertz CT molecular complexity index is 670. The third-order valence-corrected chi connectivity index (χ3v) is 4.17. The van der Waals surface area contributed by atoms with Gasteiger partial charge in [-0.1, -0.05) is 30.3 Å². The first-order valence-electron chi connectivity index (χ1n) is 7.80. The van der Waals surface area contributed by atoms with E-state index in [1.54, 1.807) is 4.90 Å². The van der Waals surface area contributed by atoms with Gasteiger partial charge in [0.1, 0.15) is 5.75 Å². The lowest BCUT2D eigenvalue weighted by Crippen LogP contribution is -2.38. The summed E-state index contributed by atoms with van der Waals surface area (Å²) in [5, 5.41) is 0. The molecule has 2 aromatic rings. The number of benzene rings is 2. The van der Waals surface area contributed by atoms with Crippen molar-refractivity contribution in [3.63, 3.8) is 0 Å². The van der Waals surface area contributed by atoms with Gasteiger partial charge in [-0.15, -0.1) is 0 Å². The molecule has 0 aliphatic carbocycles. The van der Waals surface area contributed by atoms with Gasteiger partial charge in [0.25, 0.3) is 5.91 Å². The van der Waals surface area contributed by atoms with E-state index in [1.807, 2.05) is 45.4 Å². The van der Waals surface area contributed by atoms with Gasteiger partial charge in [0, 0.05) is 39.8 Å². The fraction of sp³-hybridized carbons (Fsp3) is 0.316. The minimum absolute atomic E-state index is 0.0258. The summed E-state index contributed by atoms with van der Waals surface area (Å²) >= 11 is 0. The highest BCUT2D eigenvalue weighted by Gasteiger charge is 2.30. The molecular weight excluding hydrogens is 288 g/mol. The summed E-state index contributed by atoms with van der Waals surface area (Å²) in [6.45, 7) is 0.586. The van der Waals surface area contributed by atoms with E-state index in [2.05, 4.69) is 29.2 Å². The lowest BCUT2D eigenvalue weighted by molar-refractivity contribution is -0.137. The maximum atomic E-state index is 12.6. The van der Waals surface area contributed by atoms with Crippen molar-refractivity contribution in [1.29, 1.82) is 0 Å². The molecule has 1 atom stereocenters. The maximum absolute atomic E-state index is 12.6. The monoisotopic (exact) mass is 310 g/mol. The smallest absolute Gasteiger partial charge is 0.264 e. The number of hydrogen-bond acceptors (Lipinski definition) is 3. The average molecular weight is 310 g/mol. The SMILES string of the molecule is CN(Cc1ccc(N(C)C)cc1)C(=O)C1Cc2ccccc2O1. The number of amides is 1. The second-order valence-electron chi connectivity index (χ2n) is 6.17. The zero-order valence-corrected chi connectivity index (χ0v) is 13.8. The molecule has 0 radical (unpaired) electrons. The number of nitrogens with zero attached hydrogens (tertiary/aromatic N) is 2. The molecule has 4 heteroatoms. The summed E-state index contributed by atoms with van der Waals surface area (Å²) < 4.78 is 5.78. The van der Waals surface area contributed by atoms with Crippen molar-refractivity contribution < 1.29 is 9.53 Å². The number of likely N-dealkylation sites (N-methyl/N-ethyl adjacent to an activating group) is 1. The van der Waals surface area contributed by atoms with Crippen molar-refractivity contribution in [3.8, 4) is 5.75 Å². The van der Waals surface area contributed by atoms with Crippen LogP contribution in [0.3, 0.4) is 0 Å². The number of rotatable bonds is 4. The van der Waals surface area contributed by atoms with Crippen LogP contribution < -0.4 is 9.64 Å². The van der Waals surface area contributed by atoms with Gasteiger partial charge in [-0.05, 0) is 29.3 Å². The van der Waals surface area contributed by atoms with E-state index >= 15 is 0 Å². The third kappa shape index (κ3) is 3.31. The van der Waals surface area contributed by atoms with Gasteiger partial charge in [0.05, 0.1) is 0 Å². The summed E-state index contributed by atoms with van der Waals surface area (Å²) in [5.74, 6) is 0.854. The average Bonchev–Trinajstić information content (AvgIpc) is 2.98. The quantitative estimate of drug-likeness (QED) is 0.870. The minimum atomic E-state index is -0.404. The Kier molecular flexibility index (Phi) is 4.24. The van der Waals surface area contributed by atoms with Crippen molar-refractivity contribution in [1.82, 2.24) is 4.90 Å². The number of carbonyl (C=O) groups is 1. The molecule has 0 spiro atoms. The van der Waals surface area contributed by atoms with Gasteiger partial charge in [-0.25, -0.2) is 0 Å². The topological polar surface area (TPSA) is 32.8 Å². The van der Waals surface area contributed by atoms with Crippen LogP contribution in [0.2, 0.25) is 0 Å². The molecule has 0 N–H and O–H groups in total. The van der Waals surface area contributed by atoms with Crippen LogP contribution in [0, 0.1) is 0 Å². The Morgan fingerprint density at radius 2 is 1.78 bits per heavy atom. The number of ether oxygens (including phenoxy) is 1. The summed E-state index contributed by atoms with van der Waals surface area (Å²) in [7, 11) is 5.86. The molecule has 0 saturated heterocycles. The molecule has 3 rings (SSSR count). The third-order valence-electron chi connectivity index (χ3n) is 4.17. The van der Waals surface area contributed by atoms with Crippen molar-refractivity contribution in [2.75, 3.05) is 26.0 Å². The highest BCUT2D eigenvalue weighted by molar-refractivity contribution is 5.82. The van der Waals surface area contributed by atoms with E-state index in [-0.39, 0.29) is 5.91 Å². The van der Waals surface area contributed by atoms with E-state index in [4.69, 9.17) is 4.74 Å². The number of para-hydroxylation sites is 1. The minimum Gasteiger partial charge on any atom is -0.480 e. The lowest BCUT2D eigenvalue weighted by Gasteiger charge is -2.21. The molecule has 120 valence electrons. The molecule has 1 heterocycles. The van der Waals surface area contributed by atoms with Gasteiger partial charge in [-0.3, -0.25) is 4.79 Å². The summed E-state index contributed by atoms with van der Waals surface area (Å²) in [4.78, 5) is 16.4. The largest absolute Gasteiger partial charge is 0.480 e. The molecule has 4 nitrogen and oxygen atoms in total. The number of fused-ring (bicyclic) bond motifs is 1. The van der Waals surface area contributed by atoms with E-state index < -0.39 is 6.10 Å². The number of carbonyl (C=O) groups excluding carboxylic acids is 1. The highest BCUT2D eigenvalue weighted by Crippen LogP contribution is 2.29. The van der Waals surface area contributed by atoms with E-state index in [1.165, 1.54) is 0 Å². The molecular formula is C19H22N2O2. The zero-order chi connectivity index (χ0) is 16.4. The Labute approximate surface area is 137 Å². The molecule has 2 aromatic carbocycles. The predicted octanol–water partition coefficient (Wildman–Crippen LogP) is 2.71. The van der Waals surface area contributed by atoms with Crippen LogP contribution in [-0.2, 0) is 17.8 Å². The Balaban J connectivity index is 1.62. The molecule has 1 aliphatic rings.